The van der Waals surface area contributed by atoms with Gasteiger partial charge in [0.1, 0.15) is 4.90 Å². The number of likely N-dealkylation sites (tertiary alicyclic amines) is 1. The van der Waals surface area contributed by atoms with Crippen LogP contribution in [0.2, 0.25) is 0 Å². The molecule has 33 heavy (non-hydrogen) atoms. The summed E-state index contributed by atoms with van der Waals surface area (Å²) in [5.74, 6) is -0.215. The number of carbonyl (C=O) groups excluding carboxylic acids is 2. The Morgan fingerprint density at radius 1 is 1.09 bits per heavy atom. The standard InChI is InChI=1S/C23H33BrN4O4S/c1-2-21(29)28-13-7-18-15-19(24)16-20(22(18)28)33(31,32)27-11-5-17(6-12-27)23(30)25-8-14-26-9-3-4-10-26/h15-17H,2-14H2,1H3,(H,25,30). The third-order valence-corrected chi connectivity index (χ3v) is 9.34. The van der Waals surface area contributed by atoms with Crippen LogP contribution in [0, 0.1) is 5.92 Å². The molecule has 0 bridgehead atoms. The Bertz CT molecular complexity index is 1000. The van der Waals surface area contributed by atoms with Crippen molar-refractivity contribution in [3.8, 4) is 0 Å². The van der Waals surface area contributed by atoms with Crippen LogP contribution < -0.4 is 10.2 Å². The first kappa shape index (κ1) is 24.6. The van der Waals surface area contributed by atoms with E-state index in [2.05, 4.69) is 26.1 Å². The lowest BCUT2D eigenvalue weighted by Gasteiger charge is -2.32. The SMILES string of the molecule is CCC(=O)N1CCc2cc(Br)cc(S(=O)(=O)N3CCC(C(=O)NCCN4CCCC4)CC3)c21. The summed E-state index contributed by atoms with van der Waals surface area (Å²) in [5.41, 5.74) is 1.39. The predicted molar refractivity (Wildman–Crippen MR) is 131 cm³/mol. The lowest BCUT2D eigenvalue weighted by atomic mass is 9.97. The van der Waals surface area contributed by atoms with Crippen LogP contribution >= 0.6 is 15.9 Å². The Morgan fingerprint density at radius 2 is 1.79 bits per heavy atom. The molecular formula is C23H33BrN4O4S. The van der Waals surface area contributed by atoms with Gasteiger partial charge in [-0.05, 0) is 62.9 Å². The number of hydrogen-bond acceptors (Lipinski definition) is 5. The van der Waals surface area contributed by atoms with E-state index in [9.17, 15) is 18.0 Å². The average molecular weight is 542 g/mol. The second-order valence-electron chi connectivity index (χ2n) is 9.08. The number of benzene rings is 1. The predicted octanol–water partition coefficient (Wildman–Crippen LogP) is 2.36. The Hall–Kier alpha value is -1.49. The van der Waals surface area contributed by atoms with Gasteiger partial charge in [-0.3, -0.25) is 9.59 Å². The largest absolute Gasteiger partial charge is 0.355 e. The maximum Gasteiger partial charge on any atom is 0.245 e. The Kier molecular flexibility index (Phi) is 7.77. The molecule has 0 saturated carbocycles. The number of anilines is 1. The molecule has 0 aromatic heterocycles. The molecular weight excluding hydrogens is 508 g/mol. The van der Waals surface area contributed by atoms with Gasteiger partial charge in [0, 0.05) is 49.5 Å². The van der Waals surface area contributed by atoms with Gasteiger partial charge in [0.25, 0.3) is 0 Å². The zero-order chi connectivity index (χ0) is 23.6. The molecule has 0 atom stereocenters. The number of rotatable bonds is 7. The molecule has 1 N–H and O–H groups in total. The highest BCUT2D eigenvalue weighted by atomic mass is 79.9. The molecule has 2 saturated heterocycles. The maximum absolute atomic E-state index is 13.6. The average Bonchev–Trinajstić information content (AvgIpc) is 3.48. The van der Waals surface area contributed by atoms with Crippen molar-refractivity contribution in [1.82, 2.24) is 14.5 Å². The summed E-state index contributed by atoms with van der Waals surface area (Å²) < 4.78 is 29.4. The number of amides is 2. The molecule has 10 heteroatoms. The number of halogens is 1. The van der Waals surface area contributed by atoms with Crippen LogP contribution in [-0.2, 0) is 26.0 Å². The second-order valence-corrected chi connectivity index (χ2v) is 11.9. The normalized spacial score (nSPS) is 20.2. The number of sulfonamides is 1. The minimum absolute atomic E-state index is 0.0225. The summed E-state index contributed by atoms with van der Waals surface area (Å²) >= 11 is 3.44. The highest BCUT2D eigenvalue weighted by Crippen LogP contribution is 2.39. The van der Waals surface area contributed by atoms with Crippen LogP contribution in [0.25, 0.3) is 0 Å². The van der Waals surface area contributed by atoms with Crippen molar-refractivity contribution >= 4 is 43.5 Å². The van der Waals surface area contributed by atoms with Crippen LogP contribution in [0.1, 0.15) is 44.6 Å². The van der Waals surface area contributed by atoms with Gasteiger partial charge in [-0.1, -0.05) is 22.9 Å². The molecule has 0 aliphatic carbocycles. The van der Waals surface area contributed by atoms with E-state index < -0.39 is 10.0 Å². The van der Waals surface area contributed by atoms with Gasteiger partial charge in [0.15, 0.2) is 0 Å². The molecule has 2 fully saturated rings. The summed E-state index contributed by atoms with van der Waals surface area (Å²) in [6.45, 7) is 6.61. The monoisotopic (exact) mass is 540 g/mol. The summed E-state index contributed by atoms with van der Waals surface area (Å²) in [6, 6.07) is 3.50. The summed E-state index contributed by atoms with van der Waals surface area (Å²) in [6.07, 6.45) is 4.43. The molecule has 3 aliphatic rings. The van der Waals surface area contributed by atoms with Crippen molar-refractivity contribution in [2.45, 2.75) is 50.3 Å². The Balaban J connectivity index is 1.41. The molecule has 8 nitrogen and oxygen atoms in total. The Morgan fingerprint density at radius 3 is 2.45 bits per heavy atom. The van der Waals surface area contributed by atoms with Gasteiger partial charge >= 0.3 is 0 Å². The second kappa shape index (κ2) is 10.4. The third-order valence-electron chi connectivity index (χ3n) is 6.97. The van der Waals surface area contributed by atoms with E-state index in [4.69, 9.17) is 0 Å². The number of nitrogens with one attached hydrogen (secondary N) is 1. The molecule has 0 unspecified atom stereocenters. The van der Waals surface area contributed by atoms with Crippen molar-refractivity contribution < 1.29 is 18.0 Å². The van der Waals surface area contributed by atoms with Gasteiger partial charge in [-0.25, -0.2) is 8.42 Å². The molecule has 2 amide bonds. The fourth-order valence-electron chi connectivity index (χ4n) is 5.09. The van der Waals surface area contributed by atoms with Gasteiger partial charge in [-0.2, -0.15) is 4.31 Å². The molecule has 4 rings (SSSR count). The van der Waals surface area contributed by atoms with Crippen LogP contribution in [0.3, 0.4) is 0 Å². The highest BCUT2D eigenvalue weighted by Gasteiger charge is 2.37. The smallest absolute Gasteiger partial charge is 0.245 e. The van der Waals surface area contributed by atoms with Gasteiger partial charge in [0.05, 0.1) is 5.69 Å². The lowest BCUT2D eigenvalue weighted by Crippen LogP contribution is -2.44. The number of piperidine rings is 1. The molecule has 0 radical (unpaired) electrons. The number of nitrogens with zero attached hydrogens (tertiary/aromatic N) is 3. The van der Waals surface area contributed by atoms with E-state index in [0.717, 1.165) is 25.2 Å². The highest BCUT2D eigenvalue weighted by molar-refractivity contribution is 9.10. The topological polar surface area (TPSA) is 90.0 Å². The maximum atomic E-state index is 13.6. The summed E-state index contributed by atoms with van der Waals surface area (Å²) in [4.78, 5) is 29.2. The molecule has 182 valence electrons. The molecule has 0 spiro atoms. The van der Waals surface area contributed by atoms with E-state index in [1.54, 1.807) is 17.9 Å². The van der Waals surface area contributed by atoms with E-state index in [1.807, 2.05) is 6.07 Å². The van der Waals surface area contributed by atoms with E-state index in [0.29, 0.717) is 62.0 Å². The van der Waals surface area contributed by atoms with Crippen LogP contribution in [0.15, 0.2) is 21.5 Å². The molecule has 1 aromatic rings. The van der Waals surface area contributed by atoms with Gasteiger partial charge in [-0.15, -0.1) is 0 Å². The van der Waals surface area contributed by atoms with Crippen LogP contribution in [0.5, 0.6) is 0 Å². The quantitative estimate of drug-likeness (QED) is 0.573. The first-order valence-corrected chi connectivity index (χ1v) is 14.2. The molecule has 3 heterocycles. The van der Waals surface area contributed by atoms with Crippen molar-refractivity contribution in [3.63, 3.8) is 0 Å². The Labute approximate surface area is 204 Å². The molecule has 1 aromatic carbocycles. The van der Waals surface area contributed by atoms with Crippen molar-refractivity contribution in [2.24, 2.45) is 5.92 Å². The van der Waals surface area contributed by atoms with Crippen molar-refractivity contribution in [3.05, 3.63) is 22.2 Å². The summed E-state index contributed by atoms with van der Waals surface area (Å²) in [7, 11) is -3.79. The number of carbonyl (C=O) groups is 2. The van der Waals surface area contributed by atoms with E-state index in [1.165, 1.54) is 17.1 Å². The number of hydrogen-bond donors (Lipinski definition) is 1. The first-order valence-electron chi connectivity index (χ1n) is 11.9. The lowest BCUT2D eigenvalue weighted by molar-refractivity contribution is -0.126. The zero-order valence-corrected chi connectivity index (χ0v) is 21.6. The fraction of sp³-hybridized carbons (Fsp3) is 0.652. The number of fused-ring (bicyclic) bond motifs is 1. The van der Waals surface area contributed by atoms with Gasteiger partial charge < -0.3 is 15.1 Å². The van der Waals surface area contributed by atoms with Crippen molar-refractivity contribution in [2.75, 3.05) is 50.7 Å². The zero-order valence-electron chi connectivity index (χ0n) is 19.2. The fourth-order valence-corrected chi connectivity index (χ4v) is 7.48. The van der Waals surface area contributed by atoms with E-state index in [-0.39, 0.29) is 22.6 Å². The summed E-state index contributed by atoms with van der Waals surface area (Å²) in [5, 5.41) is 3.03. The van der Waals surface area contributed by atoms with E-state index >= 15 is 0 Å². The third kappa shape index (κ3) is 5.28. The minimum Gasteiger partial charge on any atom is -0.355 e. The molecule has 3 aliphatic heterocycles. The van der Waals surface area contributed by atoms with Crippen LogP contribution in [0.4, 0.5) is 5.69 Å². The van der Waals surface area contributed by atoms with Crippen molar-refractivity contribution in [1.29, 1.82) is 0 Å². The van der Waals surface area contributed by atoms with Crippen LogP contribution in [-0.4, -0.2) is 75.3 Å². The first-order chi connectivity index (χ1) is 15.8. The minimum atomic E-state index is -3.79. The van der Waals surface area contributed by atoms with Gasteiger partial charge in [0.2, 0.25) is 21.8 Å².